The third-order valence-corrected chi connectivity index (χ3v) is 4.62. The fourth-order valence-electron chi connectivity index (χ4n) is 2.72. The maximum absolute atomic E-state index is 12.7. The molecule has 0 aliphatic heterocycles. The van der Waals surface area contributed by atoms with Gasteiger partial charge in [0.15, 0.2) is 5.69 Å². The van der Waals surface area contributed by atoms with E-state index in [1.807, 2.05) is 10.9 Å². The van der Waals surface area contributed by atoms with Gasteiger partial charge in [-0.25, -0.2) is 0 Å². The van der Waals surface area contributed by atoms with E-state index in [-0.39, 0.29) is 5.91 Å². The Balaban J connectivity index is 1.64. The van der Waals surface area contributed by atoms with Crippen molar-refractivity contribution >= 4 is 5.91 Å². The molecule has 116 valence electrons. The lowest BCUT2D eigenvalue weighted by molar-refractivity contribution is 0.0560. The highest BCUT2D eigenvalue weighted by Crippen LogP contribution is 2.34. The lowest BCUT2D eigenvalue weighted by Gasteiger charge is -2.37. The maximum Gasteiger partial charge on any atom is 0.276 e. The number of rotatable bonds is 7. The summed E-state index contributed by atoms with van der Waals surface area (Å²) in [6, 6.07) is 0.443. The van der Waals surface area contributed by atoms with Crippen molar-refractivity contribution < 1.29 is 4.79 Å². The largest absolute Gasteiger partial charge is 0.334 e. The molecule has 1 aromatic rings. The molecule has 21 heavy (non-hydrogen) atoms. The first-order chi connectivity index (χ1) is 10.1. The van der Waals surface area contributed by atoms with Gasteiger partial charge >= 0.3 is 0 Å². The number of hydrogen-bond acceptors (Lipinski definition) is 3. The molecule has 0 atom stereocenters. The van der Waals surface area contributed by atoms with Crippen LogP contribution in [0.1, 0.15) is 62.9 Å². The Hall–Kier alpha value is -1.39. The maximum atomic E-state index is 12.7. The summed E-state index contributed by atoms with van der Waals surface area (Å²) in [5.74, 6) is 1.45. The van der Waals surface area contributed by atoms with E-state index in [1.165, 1.54) is 19.3 Å². The van der Waals surface area contributed by atoms with Crippen LogP contribution in [0.2, 0.25) is 0 Å². The quantitative estimate of drug-likeness (QED) is 0.776. The van der Waals surface area contributed by atoms with E-state index >= 15 is 0 Å². The van der Waals surface area contributed by atoms with Gasteiger partial charge in [-0.05, 0) is 50.4 Å². The molecule has 1 amide bonds. The molecule has 0 radical (unpaired) electrons. The molecule has 2 aliphatic carbocycles. The van der Waals surface area contributed by atoms with Gasteiger partial charge in [-0.2, -0.15) is 0 Å². The first kappa shape index (κ1) is 14.5. The lowest BCUT2D eigenvalue weighted by Crippen LogP contribution is -2.45. The molecule has 2 saturated carbocycles. The van der Waals surface area contributed by atoms with Gasteiger partial charge in [-0.15, -0.1) is 5.10 Å². The molecule has 5 heteroatoms. The monoisotopic (exact) mass is 290 g/mol. The van der Waals surface area contributed by atoms with Crippen molar-refractivity contribution in [2.24, 2.45) is 11.8 Å². The third-order valence-electron chi connectivity index (χ3n) is 4.62. The second-order valence-corrected chi connectivity index (χ2v) is 7.03. The molecule has 0 N–H and O–H groups in total. The molecule has 3 rings (SSSR count). The Labute approximate surface area is 126 Å². The van der Waals surface area contributed by atoms with Crippen LogP contribution in [-0.4, -0.2) is 38.4 Å². The van der Waals surface area contributed by atoms with Crippen LogP contribution in [0.4, 0.5) is 0 Å². The van der Waals surface area contributed by atoms with Crippen LogP contribution in [-0.2, 0) is 6.54 Å². The van der Waals surface area contributed by atoms with Crippen LogP contribution in [0.25, 0.3) is 0 Å². The van der Waals surface area contributed by atoms with E-state index in [0.29, 0.717) is 17.7 Å². The predicted octanol–water partition coefficient (Wildman–Crippen LogP) is 2.73. The first-order valence-electron chi connectivity index (χ1n) is 8.34. The Bertz CT molecular complexity index is 488. The fourth-order valence-corrected chi connectivity index (χ4v) is 2.72. The SMILES string of the molecule is CC(C)CCn1cc(C(=O)N(CC2CC2)C2CCC2)nn1. The van der Waals surface area contributed by atoms with E-state index in [2.05, 4.69) is 29.1 Å². The zero-order valence-electron chi connectivity index (χ0n) is 13.2. The van der Waals surface area contributed by atoms with E-state index in [1.54, 1.807) is 0 Å². The van der Waals surface area contributed by atoms with Gasteiger partial charge in [0, 0.05) is 19.1 Å². The van der Waals surface area contributed by atoms with Crippen molar-refractivity contribution in [1.29, 1.82) is 0 Å². The van der Waals surface area contributed by atoms with Crippen molar-refractivity contribution in [1.82, 2.24) is 19.9 Å². The van der Waals surface area contributed by atoms with Gasteiger partial charge in [0.25, 0.3) is 5.91 Å². The lowest BCUT2D eigenvalue weighted by atomic mass is 9.91. The minimum Gasteiger partial charge on any atom is -0.334 e. The topological polar surface area (TPSA) is 51.0 Å². The number of hydrogen-bond donors (Lipinski definition) is 0. The Kier molecular flexibility index (Phi) is 4.27. The summed E-state index contributed by atoms with van der Waals surface area (Å²) in [4.78, 5) is 14.8. The van der Waals surface area contributed by atoms with Gasteiger partial charge in [0.2, 0.25) is 0 Å². The van der Waals surface area contributed by atoms with E-state index in [4.69, 9.17) is 0 Å². The zero-order valence-corrected chi connectivity index (χ0v) is 13.2. The summed E-state index contributed by atoms with van der Waals surface area (Å²) in [6.07, 6.45) is 8.99. The van der Waals surface area contributed by atoms with Gasteiger partial charge in [0.05, 0.1) is 6.20 Å². The van der Waals surface area contributed by atoms with Crippen molar-refractivity contribution in [3.8, 4) is 0 Å². The number of aromatic nitrogens is 3. The number of nitrogens with zero attached hydrogens (tertiary/aromatic N) is 4. The Morgan fingerprint density at radius 3 is 2.71 bits per heavy atom. The van der Waals surface area contributed by atoms with Gasteiger partial charge in [-0.1, -0.05) is 19.1 Å². The minimum absolute atomic E-state index is 0.0856. The van der Waals surface area contributed by atoms with Crippen LogP contribution >= 0.6 is 0 Å². The summed E-state index contributed by atoms with van der Waals surface area (Å²) in [7, 11) is 0. The molecule has 2 fully saturated rings. The summed E-state index contributed by atoms with van der Waals surface area (Å²) in [5, 5.41) is 8.21. The number of carbonyl (C=O) groups excluding carboxylic acids is 1. The van der Waals surface area contributed by atoms with Crippen molar-refractivity contribution in [3.63, 3.8) is 0 Å². The van der Waals surface area contributed by atoms with Gasteiger partial charge in [0.1, 0.15) is 0 Å². The Morgan fingerprint density at radius 2 is 2.14 bits per heavy atom. The second-order valence-electron chi connectivity index (χ2n) is 7.03. The van der Waals surface area contributed by atoms with Crippen molar-refractivity contribution in [2.45, 2.75) is 65.0 Å². The molecular weight excluding hydrogens is 264 g/mol. The highest BCUT2D eigenvalue weighted by Gasteiger charge is 2.35. The highest BCUT2D eigenvalue weighted by molar-refractivity contribution is 5.92. The molecule has 1 heterocycles. The van der Waals surface area contributed by atoms with E-state index in [0.717, 1.165) is 38.3 Å². The molecule has 0 spiro atoms. The summed E-state index contributed by atoms with van der Waals surface area (Å²) in [6.45, 7) is 6.14. The fraction of sp³-hybridized carbons (Fsp3) is 0.812. The standard InChI is InChI=1S/C16H26N4O/c1-12(2)8-9-19-11-15(17-18-19)16(21)20(10-13-6-7-13)14-4-3-5-14/h11-14H,3-10H2,1-2H3. The zero-order chi connectivity index (χ0) is 14.8. The molecule has 0 aromatic carbocycles. The molecule has 0 unspecified atom stereocenters. The average Bonchev–Trinajstić information content (AvgIpc) is 3.08. The van der Waals surface area contributed by atoms with Crippen LogP contribution in [0, 0.1) is 11.8 Å². The van der Waals surface area contributed by atoms with Crippen LogP contribution in [0.3, 0.4) is 0 Å². The van der Waals surface area contributed by atoms with Crippen LogP contribution < -0.4 is 0 Å². The normalized spacial score (nSPS) is 18.8. The number of carbonyl (C=O) groups is 1. The number of amides is 1. The molecule has 0 bridgehead atoms. The third kappa shape index (κ3) is 3.63. The van der Waals surface area contributed by atoms with E-state index < -0.39 is 0 Å². The van der Waals surface area contributed by atoms with Crippen LogP contribution in [0.5, 0.6) is 0 Å². The molecule has 0 saturated heterocycles. The highest BCUT2D eigenvalue weighted by atomic mass is 16.2. The first-order valence-corrected chi connectivity index (χ1v) is 8.34. The summed E-state index contributed by atoms with van der Waals surface area (Å²) in [5.41, 5.74) is 0.520. The van der Waals surface area contributed by atoms with Crippen molar-refractivity contribution in [3.05, 3.63) is 11.9 Å². The van der Waals surface area contributed by atoms with Gasteiger partial charge in [-0.3, -0.25) is 9.48 Å². The smallest absolute Gasteiger partial charge is 0.276 e. The van der Waals surface area contributed by atoms with Crippen LogP contribution in [0.15, 0.2) is 6.20 Å². The summed E-state index contributed by atoms with van der Waals surface area (Å²) >= 11 is 0. The second kappa shape index (κ2) is 6.16. The summed E-state index contributed by atoms with van der Waals surface area (Å²) < 4.78 is 1.81. The van der Waals surface area contributed by atoms with E-state index in [9.17, 15) is 4.79 Å². The predicted molar refractivity (Wildman–Crippen MR) is 80.9 cm³/mol. The van der Waals surface area contributed by atoms with Gasteiger partial charge < -0.3 is 4.90 Å². The molecular formula is C16H26N4O. The Morgan fingerprint density at radius 1 is 1.38 bits per heavy atom. The molecule has 1 aromatic heterocycles. The van der Waals surface area contributed by atoms with Crippen molar-refractivity contribution in [2.75, 3.05) is 6.54 Å². The number of aryl methyl sites for hydroxylation is 1. The molecule has 2 aliphatic rings. The molecule has 5 nitrogen and oxygen atoms in total. The average molecular weight is 290 g/mol. The minimum atomic E-state index is 0.0856.